The van der Waals surface area contributed by atoms with E-state index in [-0.39, 0.29) is 6.54 Å². The Morgan fingerprint density at radius 1 is 1.30 bits per heavy atom. The zero-order valence-corrected chi connectivity index (χ0v) is 11.6. The monoisotopic (exact) mass is 282 g/mol. The van der Waals surface area contributed by atoms with E-state index in [2.05, 4.69) is 10.6 Å². The number of aliphatic carboxylic acids is 1. The van der Waals surface area contributed by atoms with Gasteiger partial charge in [-0.25, -0.2) is 4.79 Å². The quantitative estimate of drug-likeness (QED) is 0.681. The molecule has 0 radical (unpaired) electrons. The number of methoxy groups -OCH3 is 2. The fourth-order valence-electron chi connectivity index (χ4n) is 1.60. The molecule has 1 atom stereocenters. The highest BCUT2D eigenvalue weighted by Crippen LogP contribution is 2.28. The number of amides is 1. The van der Waals surface area contributed by atoms with Crippen molar-refractivity contribution in [3.05, 3.63) is 18.2 Å². The molecule has 1 amide bonds. The van der Waals surface area contributed by atoms with Crippen molar-refractivity contribution in [3.63, 3.8) is 0 Å². The number of carbonyl (C=O) groups is 2. The number of carbonyl (C=O) groups excluding carboxylic acids is 1. The van der Waals surface area contributed by atoms with Gasteiger partial charge in [0.25, 0.3) is 0 Å². The summed E-state index contributed by atoms with van der Waals surface area (Å²) in [6, 6.07) is 4.10. The van der Waals surface area contributed by atoms with Crippen molar-refractivity contribution in [1.29, 1.82) is 0 Å². The van der Waals surface area contributed by atoms with Crippen LogP contribution in [-0.4, -0.2) is 43.8 Å². The minimum absolute atomic E-state index is 0.0393. The van der Waals surface area contributed by atoms with Crippen molar-refractivity contribution in [2.24, 2.45) is 0 Å². The largest absolute Gasteiger partial charge is 0.497 e. The van der Waals surface area contributed by atoms with Crippen LogP contribution in [0.2, 0.25) is 0 Å². The number of benzene rings is 1. The number of rotatable bonds is 7. The van der Waals surface area contributed by atoms with E-state index in [9.17, 15) is 9.59 Å². The first-order chi connectivity index (χ1) is 9.47. The zero-order chi connectivity index (χ0) is 15.1. The maximum Gasteiger partial charge on any atom is 0.328 e. The highest BCUT2D eigenvalue weighted by molar-refractivity contribution is 5.82. The van der Waals surface area contributed by atoms with Crippen LogP contribution >= 0.6 is 0 Å². The molecular formula is C13H18N2O5. The summed E-state index contributed by atoms with van der Waals surface area (Å²) in [6.45, 7) is 1.31. The third-order valence-electron chi connectivity index (χ3n) is 2.58. The van der Waals surface area contributed by atoms with E-state index in [0.29, 0.717) is 17.2 Å². The fourth-order valence-corrected chi connectivity index (χ4v) is 1.60. The molecule has 0 spiro atoms. The Kier molecular flexibility index (Phi) is 5.64. The second-order valence-corrected chi connectivity index (χ2v) is 4.04. The summed E-state index contributed by atoms with van der Waals surface area (Å²) in [5, 5.41) is 14.3. The predicted molar refractivity (Wildman–Crippen MR) is 73.3 cm³/mol. The average molecular weight is 282 g/mol. The van der Waals surface area contributed by atoms with E-state index in [1.165, 1.54) is 14.0 Å². The lowest BCUT2D eigenvalue weighted by atomic mass is 10.2. The third-order valence-corrected chi connectivity index (χ3v) is 2.58. The number of nitrogens with one attached hydrogen (secondary N) is 2. The van der Waals surface area contributed by atoms with Crippen LogP contribution in [0.1, 0.15) is 6.92 Å². The van der Waals surface area contributed by atoms with Gasteiger partial charge in [0, 0.05) is 19.5 Å². The Hall–Kier alpha value is -2.44. The standard InChI is InChI=1S/C13H18N2O5/c1-8(16)15-11(13(17)18)7-14-10-5-4-9(19-2)6-12(10)20-3/h4-6,11,14H,7H2,1-3H3,(H,15,16)(H,17,18). The summed E-state index contributed by atoms with van der Waals surface area (Å²) in [7, 11) is 3.04. The molecule has 0 fully saturated rings. The molecule has 0 aliphatic heterocycles. The van der Waals surface area contributed by atoms with Gasteiger partial charge in [-0.1, -0.05) is 0 Å². The predicted octanol–water partition coefficient (Wildman–Crippen LogP) is 0.705. The van der Waals surface area contributed by atoms with Gasteiger partial charge in [-0.3, -0.25) is 4.79 Å². The number of carboxylic acid groups (broad SMARTS) is 1. The molecule has 1 aromatic carbocycles. The topological polar surface area (TPSA) is 96.9 Å². The molecule has 1 rings (SSSR count). The van der Waals surface area contributed by atoms with E-state index < -0.39 is 17.9 Å². The highest BCUT2D eigenvalue weighted by Gasteiger charge is 2.18. The van der Waals surface area contributed by atoms with Crippen LogP contribution in [0.3, 0.4) is 0 Å². The zero-order valence-electron chi connectivity index (χ0n) is 11.6. The maximum atomic E-state index is 11.0. The number of hydrogen-bond donors (Lipinski definition) is 3. The summed E-state index contributed by atoms with van der Waals surface area (Å²) in [4.78, 5) is 21.9. The molecule has 0 aliphatic rings. The first kappa shape index (κ1) is 15.6. The van der Waals surface area contributed by atoms with Crippen molar-refractivity contribution < 1.29 is 24.2 Å². The SMILES string of the molecule is COc1ccc(NCC(NC(C)=O)C(=O)O)c(OC)c1. The normalized spacial score (nSPS) is 11.3. The van der Waals surface area contributed by atoms with Crippen LogP contribution in [0.5, 0.6) is 11.5 Å². The van der Waals surface area contributed by atoms with Crippen molar-refractivity contribution in [2.45, 2.75) is 13.0 Å². The Morgan fingerprint density at radius 2 is 2.00 bits per heavy atom. The molecular weight excluding hydrogens is 264 g/mol. The smallest absolute Gasteiger partial charge is 0.328 e. The first-order valence-electron chi connectivity index (χ1n) is 5.93. The van der Waals surface area contributed by atoms with E-state index in [1.54, 1.807) is 25.3 Å². The molecule has 110 valence electrons. The van der Waals surface area contributed by atoms with Gasteiger partial charge in [-0.05, 0) is 12.1 Å². The number of anilines is 1. The Balaban J connectivity index is 2.77. The van der Waals surface area contributed by atoms with Crippen LogP contribution in [-0.2, 0) is 9.59 Å². The fraction of sp³-hybridized carbons (Fsp3) is 0.385. The van der Waals surface area contributed by atoms with Gasteiger partial charge in [0.05, 0.1) is 19.9 Å². The molecule has 0 saturated carbocycles. The molecule has 3 N–H and O–H groups in total. The Labute approximate surface area is 116 Å². The number of hydrogen-bond acceptors (Lipinski definition) is 5. The highest BCUT2D eigenvalue weighted by atomic mass is 16.5. The summed E-state index contributed by atoms with van der Waals surface area (Å²) in [5.41, 5.74) is 0.616. The van der Waals surface area contributed by atoms with Crippen molar-refractivity contribution in [2.75, 3.05) is 26.1 Å². The van der Waals surface area contributed by atoms with E-state index in [1.807, 2.05) is 0 Å². The molecule has 0 saturated heterocycles. The van der Waals surface area contributed by atoms with E-state index in [4.69, 9.17) is 14.6 Å². The van der Waals surface area contributed by atoms with E-state index in [0.717, 1.165) is 0 Å². The minimum atomic E-state index is -1.11. The molecule has 0 bridgehead atoms. The lowest BCUT2D eigenvalue weighted by Crippen LogP contribution is -2.44. The average Bonchev–Trinajstić information content (AvgIpc) is 2.42. The van der Waals surface area contributed by atoms with Crippen LogP contribution < -0.4 is 20.1 Å². The van der Waals surface area contributed by atoms with Gasteiger partial charge >= 0.3 is 5.97 Å². The van der Waals surface area contributed by atoms with Gasteiger partial charge in [-0.15, -0.1) is 0 Å². The first-order valence-corrected chi connectivity index (χ1v) is 5.93. The molecule has 0 aromatic heterocycles. The molecule has 0 heterocycles. The summed E-state index contributed by atoms with van der Waals surface area (Å²) in [5.74, 6) is -0.360. The molecule has 7 heteroatoms. The lowest BCUT2D eigenvalue weighted by molar-refractivity contribution is -0.141. The second kappa shape index (κ2) is 7.22. The van der Waals surface area contributed by atoms with Crippen molar-refractivity contribution in [3.8, 4) is 11.5 Å². The van der Waals surface area contributed by atoms with Crippen LogP contribution in [0, 0.1) is 0 Å². The van der Waals surface area contributed by atoms with Crippen molar-refractivity contribution in [1.82, 2.24) is 5.32 Å². The van der Waals surface area contributed by atoms with Crippen LogP contribution in [0.4, 0.5) is 5.69 Å². The second-order valence-electron chi connectivity index (χ2n) is 4.04. The number of ether oxygens (including phenoxy) is 2. The van der Waals surface area contributed by atoms with Gasteiger partial charge in [0.2, 0.25) is 5.91 Å². The van der Waals surface area contributed by atoms with Gasteiger partial charge in [0.1, 0.15) is 17.5 Å². The molecule has 1 aromatic rings. The van der Waals surface area contributed by atoms with Crippen molar-refractivity contribution >= 4 is 17.6 Å². The summed E-state index contributed by atoms with van der Waals surface area (Å²) >= 11 is 0. The van der Waals surface area contributed by atoms with Crippen LogP contribution in [0.15, 0.2) is 18.2 Å². The maximum absolute atomic E-state index is 11.0. The molecule has 1 unspecified atom stereocenters. The Morgan fingerprint density at radius 3 is 2.50 bits per heavy atom. The summed E-state index contributed by atoms with van der Waals surface area (Å²) < 4.78 is 10.3. The lowest BCUT2D eigenvalue weighted by Gasteiger charge is -2.17. The molecule has 20 heavy (non-hydrogen) atoms. The van der Waals surface area contributed by atoms with Gasteiger partial charge < -0.3 is 25.2 Å². The van der Waals surface area contributed by atoms with Gasteiger partial charge in [-0.2, -0.15) is 0 Å². The van der Waals surface area contributed by atoms with E-state index >= 15 is 0 Å². The molecule has 0 aliphatic carbocycles. The third kappa shape index (κ3) is 4.34. The van der Waals surface area contributed by atoms with Crippen LogP contribution in [0.25, 0.3) is 0 Å². The number of carboxylic acids is 1. The minimum Gasteiger partial charge on any atom is -0.497 e. The molecule has 7 nitrogen and oxygen atoms in total. The Bertz CT molecular complexity index is 490. The summed E-state index contributed by atoms with van der Waals surface area (Å²) in [6.07, 6.45) is 0. The van der Waals surface area contributed by atoms with Gasteiger partial charge in [0.15, 0.2) is 0 Å².